The number of rotatable bonds is 2. The van der Waals surface area contributed by atoms with E-state index in [4.69, 9.17) is 12.2 Å². The molecule has 0 radical (unpaired) electrons. The van der Waals surface area contributed by atoms with Gasteiger partial charge in [-0.3, -0.25) is 14.3 Å². The Morgan fingerprint density at radius 3 is 2.86 bits per heavy atom. The Kier molecular flexibility index (Phi) is 2.16. The van der Waals surface area contributed by atoms with E-state index in [1.165, 1.54) is 0 Å². The highest BCUT2D eigenvalue weighted by Gasteiger charge is 2.04. The van der Waals surface area contributed by atoms with Crippen LogP contribution in [0.15, 0.2) is 6.33 Å². The van der Waals surface area contributed by atoms with Crippen LogP contribution in [0.5, 0.6) is 0 Å². The monoisotopic (exact) mass is 210 g/mol. The van der Waals surface area contributed by atoms with Crippen LogP contribution in [0.2, 0.25) is 0 Å². The SMILES string of the molecule is Cc1n[nH]c(=S)n1Cc1ncn(C)n1. The Morgan fingerprint density at radius 2 is 2.36 bits per heavy atom. The van der Waals surface area contributed by atoms with Gasteiger partial charge >= 0.3 is 0 Å². The van der Waals surface area contributed by atoms with Gasteiger partial charge in [-0.1, -0.05) is 0 Å². The van der Waals surface area contributed by atoms with Crippen LogP contribution in [-0.4, -0.2) is 29.5 Å². The highest BCUT2D eigenvalue weighted by molar-refractivity contribution is 7.71. The van der Waals surface area contributed by atoms with Crippen LogP contribution >= 0.6 is 12.2 Å². The van der Waals surface area contributed by atoms with Gasteiger partial charge in [0.1, 0.15) is 12.2 Å². The van der Waals surface area contributed by atoms with Crippen LogP contribution in [0.1, 0.15) is 11.6 Å². The van der Waals surface area contributed by atoms with Gasteiger partial charge in [0.25, 0.3) is 0 Å². The molecular formula is C7H10N6S. The highest BCUT2D eigenvalue weighted by atomic mass is 32.1. The average molecular weight is 210 g/mol. The van der Waals surface area contributed by atoms with E-state index >= 15 is 0 Å². The summed E-state index contributed by atoms with van der Waals surface area (Å²) < 4.78 is 4.11. The summed E-state index contributed by atoms with van der Waals surface area (Å²) in [6.07, 6.45) is 1.66. The molecule has 0 saturated heterocycles. The van der Waals surface area contributed by atoms with Gasteiger partial charge in [0, 0.05) is 7.05 Å². The lowest BCUT2D eigenvalue weighted by Crippen LogP contribution is -2.04. The van der Waals surface area contributed by atoms with Gasteiger partial charge in [0.05, 0.1) is 6.54 Å². The van der Waals surface area contributed by atoms with Crippen LogP contribution < -0.4 is 0 Å². The number of aryl methyl sites for hydroxylation is 2. The molecule has 2 aromatic heterocycles. The molecule has 2 aromatic rings. The molecule has 0 aliphatic carbocycles. The number of nitrogens with one attached hydrogen (secondary N) is 1. The smallest absolute Gasteiger partial charge is 0.195 e. The summed E-state index contributed by atoms with van der Waals surface area (Å²) in [5.74, 6) is 1.57. The first kappa shape index (κ1) is 9.07. The Bertz CT molecular complexity index is 492. The molecule has 2 rings (SSSR count). The minimum atomic E-state index is 0.558. The molecule has 0 unspecified atom stereocenters. The maximum Gasteiger partial charge on any atom is 0.195 e. The van der Waals surface area contributed by atoms with Crippen molar-refractivity contribution in [3.63, 3.8) is 0 Å². The predicted molar refractivity (Wildman–Crippen MR) is 52.3 cm³/mol. The van der Waals surface area contributed by atoms with Gasteiger partial charge in [-0.2, -0.15) is 10.2 Å². The van der Waals surface area contributed by atoms with Crippen molar-refractivity contribution in [3.05, 3.63) is 22.7 Å². The zero-order valence-electron chi connectivity index (χ0n) is 7.93. The quantitative estimate of drug-likeness (QED) is 0.730. The van der Waals surface area contributed by atoms with Crippen molar-refractivity contribution in [1.29, 1.82) is 0 Å². The third-order valence-corrected chi connectivity index (χ3v) is 2.21. The lowest BCUT2D eigenvalue weighted by atomic mass is 10.5. The van der Waals surface area contributed by atoms with E-state index in [0.717, 1.165) is 11.6 Å². The van der Waals surface area contributed by atoms with Crippen LogP contribution in [-0.2, 0) is 13.6 Å². The maximum atomic E-state index is 5.06. The van der Waals surface area contributed by atoms with E-state index in [1.54, 1.807) is 11.0 Å². The second-order valence-electron chi connectivity index (χ2n) is 3.00. The fourth-order valence-corrected chi connectivity index (χ4v) is 1.42. The van der Waals surface area contributed by atoms with Gasteiger partial charge in [-0.25, -0.2) is 4.98 Å². The average Bonchev–Trinajstić information content (AvgIpc) is 2.67. The fraction of sp³-hybridized carbons (Fsp3) is 0.429. The minimum absolute atomic E-state index is 0.558. The maximum absolute atomic E-state index is 5.06. The molecule has 1 N–H and O–H groups in total. The molecule has 0 atom stereocenters. The van der Waals surface area contributed by atoms with Gasteiger partial charge in [0.15, 0.2) is 10.6 Å². The van der Waals surface area contributed by atoms with Crippen molar-refractivity contribution in [2.24, 2.45) is 7.05 Å². The highest BCUT2D eigenvalue weighted by Crippen LogP contribution is 1.99. The first-order valence-electron chi connectivity index (χ1n) is 4.13. The summed E-state index contributed by atoms with van der Waals surface area (Å²) >= 11 is 5.06. The van der Waals surface area contributed by atoms with E-state index in [0.29, 0.717) is 11.3 Å². The van der Waals surface area contributed by atoms with E-state index in [9.17, 15) is 0 Å². The van der Waals surface area contributed by atoms with E-state index < -0.39 is 0 Å². The molecule has 0 aromatic carbocycles. The van der Waals surface area contributed by atoms with Crippen LogP contribution in [0.25, 0.3) is 0 Å². The summed E-state index contributed by atoms with van der Waals surface area (Å²) in [4.78, 5) is 4.12. The molecule has 7 heteroatoms. The van der Waals surface area contributed by atoms with Crippen molar-refractivity contribution in [2.45, 2.75) is 13.5 Å². The van der Waals surface area contributed by atoms with Crippen molar-refractivity contribution in [2.75, 3.05) is 0 Å². The Labute approximate surface area is 85.6 Å². The first-order chi connectivity index (χ1) is 6.66. The molecular weight excluding hydrogens is 200 g/mol. The topological polar surface area (TPSA) is 64.3 Å². The third-order valence-electron chi connectivity index (χ3n) is 1.90. The zero-order valence-corrected chi connectivity index (χ0v) is 8.75. The van der Waals surface area contributed by atoms with E-state index in [-0.39, 0.29) is 0 Å². The largest absolute Gasteiger partial charge is 0.297 e. The molecule has 0 amide bonds. The molecule has 6 nitrogen and oxygen atoms in total. The van der Waals surface area contributed by atoms with Crippen LogP contribution in [0.3, 0.4) is 0 Å². The van der Waals surface area contributed by atoms with Gasteiger partial charge in [0.2, 0.25) is 0 Å². The lowest BCUT2D eigenvalue weighted by molar-refractivity contribution is 0.682. The summed E-state index contributed by atoms with van der Waals surface area (Å²) in [5.41, 5.74) is 0. The Morgan fingerprint density at radius 1 is 1.57 bits per heavy atom. The minimum Gasteiger partial charge on any atom is -0.297 e. The molecule has 14 heavy (non-hydrogen) atoms. The summed E-state index contributed by atoms with van der Waals surface area (Å²) in [6.45, 7) is 2.44. The molecule has 74 valence electrons. The number of hydrogen-bond donors (Lipinski definition) is 1. The number of nitrogens with zero attached hydrogens (tertiary/aromatic N) is 5. The second-order valence-corrected chi connectivity index (χ2v) is 3.38. The third kappa shape index (κ3) is 1.58. The molecule has 2 heterocycles. The Balaban J connectivity index is 2.31. The summed E-state index contributed by atoms with van der Waals surface area (Å²) in [6, 6.07) is 0. The van der Waals surface area contributed by atoms with E-state index in [1.807, 2.05) is 18.5 Å². The standard InChI is InChI=1S/C7H10N6S/c1-5-9-10-7(14)13(5)3-6-8-4-12(2)11-6/h4H,3H2,1-2H3,(H,10,14). The van der Waals surface area contributed by atoms with Crippen molar-refractivity contribution < 1.29 is 0 Å². The normalized spacial score (nSPS) is 10.7. The fourth-order valence-electron chi connectivity index (χ4n) is 1.18. The van der Waals surface area contributed by atoms with Crippen molar-refractivity contribution in [3.8, 4) is 0 Å². The first-order valence-corrected chi connectivity index (χ1v) is 4.54. The van der Waals surface area contributed by atoms with Crippen molar-refractivity contribution in [1.82, 2.24) is 29.5 Å². The molecule has 0 spiro atoms. The van der Waals surface area contributed by atoms with E-state index in [2.05, 4.69) is 20.3 Å². The van der Waals surface area contributed by atoms with Crippen LogP contribution in [0, 0.1) is 11.7 Å². The number of aromatic nitrogens is 6. The molecule has 0 saturated carbocycles. The number of H-pyrrole nitrogens is 1. The van der Waals surface area contributed by atoms with Gasteiger partial charge in [-0.05, 0) is 19.1 Å². The zero-order chi connectivity index (χ0) is 10.1. The Hall–Kier alpha value is -1.50. The van der Waals surface area contributed by atoms with Crippen molar-refractivity contribution >= 4 is 12.2 Å². The molecule has 0 aliphatic heterocycles. The molecule has 0 fully saturated rings. The summed E-state index contributed by atoms with van der Waals surface area (Å²) in [5, 5.41) is 10.9. The molecule has 0 aliphatic rings. The number of aromatic amines is 1. The predicted octanol–water partition coefficient (Wildman–Crippen LogP) is 0.426. The lowest BCUT2D eigenvalue weighted by Gasteiger charge is -1.98. The number of hydrogen-bond acceptors (Lipinski definition) is 4. The summed E-state index contributed by atoms with van der Waals surface area (Å²) in [7, 11) is 1.83. The van der Waals surface area contributed by atoms with Crippen LogP contribution in [0.4, 0.5) is 0 Å². The van der Waals surface area contributed by atoms with Gasteiger partial charge in [-0.15, -0.1) is 0 Å². The molecule has 0 bridgehead atoms. The second kappa shape index (κ2) is 3.33. The van der Waals surface area contributed by atoms with Gasteiger partial charge < -0.3 is 0 Å².